The molecule has 0 spiro atoms. The number of rotatable bonds is 9. The molecule has 0 aliphatic carbocycles. The van der Waals surface area contributed by atoms with Crippen LogP contribution in [0.25, 0.3) is 0 Å². The minimum atomic E-state index is -0.0771. The van der Waals surface area contributed by atoms with E-state index in [1.807, 2.05) is 6.92 Å². The molecule has 98 valence electrons. The number of hydrogen-bond donors (Lipinski definition) is 1. The van der Waals surface area contributed by atoms with Gasteiger partial charge in [0, 0.05) is 20.3 Å². The van der Waals surface area contributed by atoms with Crippen LogP contribution in [0.1, 0.15) is 38.6 Å². The van der Waals surface area contributed by atoms with E-state index in [1.165, 1.54) is 0 Å². The first kappa shape index (κ1) is 13.9. The maximum absolute atomic E-state index is 5.57. The van der Waals surface area contributed by atoms with Crippen molar-refractivity contribution >= 4 is 6.01 Å². The molecule has 0 aliphatic rings. The van der Waals surface area contributed by atoms with Gasteiger partial charge in [0.25, 0.3) is 0 Å². The van der Waals surface area contributed by atoms with Crippen LogP contribution in [0.4, 0.5) is 6.01 Å². The average molecular weight is 243 g/mol. The third-order valence-electron chi connectivity index (χ3n) is 2.23. The van der Waals surface area contributed by atoms with Gasteiger partial charge in [-0.15, -0.1) is 0 Å². The fourth-order valence-corrected chi connectivity index (χ4v) is 1.45. The SMILES string of the molecule is CCCC(OCC)c1noc(NCCOC)n1. The quantitative estimate of drug-likeness (QED) is 0.669. The lowest BCUT2D eigenvalue weighted by Crippen LogP contribution is -2.09. The number of methoxy groups -OCH3 is 1. The van der Waals surface area contributed by atoms with Crippen LogP contribution in [0.2, 0.25) is 0 Å². The van der Waals surface area contributed by atoms with Gasteiger partial charge in [-0.3, -0.25) is 0 Å². The summed E-state index contributed by atoms with van der Waals surface area (Å²) in [6.45, 7) is 5.95. The monoisotopic (exact) mass is 243 g/mol. The van der Waals surface area contributed by atoms with Crippen LogP contribution in [0.3, 0.4) is 0 Å². The van der Waals surface area contributed by atoms with Crippen molar-refractivity contribution in [3.8, 4) is 0 Å². The molecule has 0 amide bonds. The Morgan fingerprint density at radius 1 is 1.41 bits per heavy atom. The fourth-order valence-electron chi connectivity index (χ4n) is 1.45. The van der Waals surface area contributed by atoms with E-state index in [0.717, 1.165) is 12.8 Å². The highest BCUT2D eigenvalue weighted by Crippen LogP contribution is 2.20. The van der Waals surface area contributed by atoms with E-state index in [4.69, 9.17) is 14.0 Å². The molecule has 1 N–H and O–H groups in total. The molecule has 1 atom stereocenters. The molecule has 0 radical (unpaired) electrons. The molecule has 17 heavy (non-hydrogen) atoms. The number of anilines is 1. The predicted molar refractivity (Wildman–Crippen MR) is 63.9 cm³/mol. The normalized spacial score (nSPS) is 12.6. The number of nitrogens with zero attached hydrogens (tertiary/aromatic N) is 2. The van der Waals surface area contributed by atoms with Crippen molar-refractivity contribution in [1.29, 1.82) is 0 Å². The molecule has 1 heterocycles. The van der Waals surface area contributed by atoms with E-state index >= 15 is 0 Å². The third kappa shape index (κ3) is 4.70. The van der Waals surface area contributed by atoms with Crippen LogP contribution < -0.4 is 5.32 Å². The van der Waals surface area contributed by atoms with Gasteiger partial charge in [-0.2, -0.15) is 4.98 Å². The second-order valence-corrected chi connectivity index (χ2v) is 3.61. The zero-order valence-corrected chi connectivity index (χ0v) is 10.7. The lowest BCUT2D eigenvalue weighted by atomic mass is 10.2. The maximum Gasteiger partial charge on any atom is 0.321 e. The summed E-state index contributed by atoms with van der Waals surface area (Å²) in [5.74, 6) is 0.605. The largest absolute Gasteiger partial charge is 0.383 e. The van der Waals surface area contributed by atoms with Gasteiger partial charge >= 0.3 is 6.01 Å². The Morgan fingerprint density at radius 2 is 2.24 bits per heavy atom. The van der Waals surface area contributed by atoms with Gasteiger partial charge in [0.2, 0.25) is 5.82 Å². The number of ether oxygens (including phenoxy) is 2. The number of aromatic nitrogens is 2. The van der Waals surface area contributed by atoms with Crippen LogP contribution in [-0.4, -0.2) is 37.0 Å². The zero-order chi connectivity index (χ0) is 12.5. The lowest BCUT2D eigenvalue weighted by Gasteiger charge is -2.10. The first-order chi connectivity index (χ1) is 8.31. The number of hydrogen-bond acceptors (Lipinski definition) is 6. The molecule has 1 aromatic heterocycles. The Balaban J connectivity index is 2.51. The van der Waals surface area contributed by atoms with Gasteiger partial charge < -0.3 is 19.3 Å². The smallest absolute Gasteiger partial charge is 0.321 e. The van der Waals surface area contributed by atoms with E-state index in [-0.39, 0.29) is 6.10 Å². The summed E-state index contributed by atoms with van der Waals surface area (Å²) in [7, 11) is 1.65. The molecule has 1 unspecified atom stereocenters. The van der Waals surface area contributed by atoms with Gasteiger partial charge in [-0.1, -0.05) is 18.5 Å². The molecular weight excluding hydrogens is 222 g/mol. The Bertz CT molecular complexity index is 298. The summed E-state index contributed by atoms with van der Waals surface area (Å²) in [5, 5.41) is 6.90. The minimum Gasteiger partial charge on any atom is -0.383 e. The summed E-state index contributed by atoms with van der Waals surface area (Å²) in [5.41, 5.74) is 0. The summed E-state index contributed by atoms with van der Waals surface area (Å²) in [6.07, 6.45) is 1.84. The van der Waals surface area contributed by atoms with Gasteiger partial charge in [0.05, 0.1) is 6.61 Å². The molecular formula is C11H21N3O3. The van der Waals surface area contributed by atoms with E-state index in [9.17, 15) is 0 Å². The van der Waals surface area contributed by atoms with Crippen LogP contribution in [-0.2, 0) is 9.47 Å². The molecule has 0 saturated heterocycles. The van der Waals surface area contributed by atoms with Gasteiger partial charge in [0.1, 0.15) is 6.10 Å². The van der Waals surface area contributed by atoms with Crippen molar-refractivity contribution in [3.05, 3.63) is 5.82 Å². The summed E-state index contributed by atoms with van der Waals surface area (Å²) >= 11 is 0. The molecule has 0 fully saturated rings. The summed E-state index contributed by atoms with van der Waals surface area (Å²) < 4.78 is 15.6. The zero-order valence-electron chi connectivity index (χ0n) is 10.7. The Hall–Kier alpha value is -1.14. The lowest BCUT2D eigenvalue weighted by molar-refractivity contribution is 0.0478. The standard InChI is InChI=1S/C11H21N3O3/c1-4-6-9(16-5-2)10-13-11(17-14-10)12-7-8-15-3/h9H,4-8H2,1-3H3,(H,12,13,14). The minimum absolute atomic E-state index is 0.0771. The molecule has 0 bridgehead atoms. The average Bonchev–Trinajstić information content (AvgIpc) is 2.78. The fraction of sp³-hybridized carbons (Fsp3) is 0.818. The van der Waals surface area contributed by atoms with Crippen molar-refractivity contribution in [2.24, 2.45) is 0 Å². The molecule has 6 nitrogen and oxygen atoms in total. The molecule has 0 saturated carbocycles. The highest BCUT2D eigenvalue weighted by molar-refractivity contribution is 5.18. The molecule has 6 heteroatoms. The van der Waals surface area contributed by atoms with Crippen LogP contribution in [0.5, 0.6) is 0 Å². The van der Waals surface area contributed by atoms with Crippen molar-refractivity contribution < 1.29 is 14.0 Å². The van der Waals surface area contributed by atoms with Crippen molar-refractivity contribution in [2.75, 3.05) is 32.2 Å². The number of nitrogens with one attached hydrogen (secondary N) is 1. The first-order valence-corrected chi connectivity index (χ1v) is 5.99. The van der Waals surface area contributed by atoms with Crippen molar-refractivity contribution in [1.82, 2.24) is 10.1 Å². The molecule has 0 aromatic carbocycles. The van der Waals surface area contributed by atoms with Crippen molar-refractivity contribution in [2.45, 2.75) is 32.8 Å². The van der Waals surface area contributed by atoms with Crippen LogP contribution in [0, 0.1) is 0 Å². The van der Waals surface area contributed by atoms with E-state index in [1.54, 1.807) is 7.11 Å². The summed E-state index contributed by atoms with van der Waals surface area (Å²) in [6, 6.07) is 0.415. The highest BCUT2D eigenvalue weighted by atomic mass is 16.5. The Kier molecular flexibility index (Phi) is 6.57. The van der Waals surface area contributed by atoms with E-state index in [2.05, 4.69) is 22.4 Å². The van der Waals surface area contributed by atoms with E-state index < -0.39 is 0 Å². The molecule has 1 aromatic rings. The molecule has 1 rings (SSSR count). The van der Waals surface area contributed by atoms with Crippen LogP contribution >= 0.6 is 0 Å². The Labute approximate surface area is 102 Å². The van der Waals surface area contributed by atoms with E-state index in [0.29, 0.717) is 31.6 Å². The van der Waals surface area contributed by atoms with Gasteiger partial charge in [0.15, 0.2) is 0 Å². The first-order valence-electron chi connectivity index (χ1n) is 5.99. The van der Waals surface area contributed by atoms with Crippen LogP contribution in [0.15, 0.2) is 4.52 Å². The predicted octanol–water partition coefficient (Wildman–Crippen LogP) is 2.01. The topological polar surface area (TPSA) is 69.4 Å². The maximum atomic E-state index is 5.57. The molecule has 0 aliphatic heterocycles. The van der Waals surface area contributed by atoms with Gasteiger partial charge in [-0.05, 0) is 13.3 Å². The second kappa shape index (κ2) is 8.03. The second-order valence-electron chi connectivity index (χ2n) is 3.61. The summed E-state index contributed by atoms with van der Waals surface area (Å²) in [4.78, 5) is 4.25. The van der Waals surface area contributed by atoms with Gasteiger partial charge in [-0.25, -0.2) is 0 Å². The van der Waals surface area contributed by atoms with Crippen molar-refractivity contribution in [3.63, 3.8) is 0 Å². The third-order valence-corrected chi connectivity index (χ3v) is 2.23. The Morgan fingerprint density at radius 3 is 2.88 bits per heavy atom. The highest BCUT2D eigenvalue weighted by Gasteiger charge is 2.17.